The van der Waals surface area contributed by atoms with Gasteiger partial charge in [0.25, 0.3) is 0 Å². The maximum Gasteiger partial charge on any atom is 0.145 e. The van der Waals surface area contributed by atoms with Gasteiger partial charge >= 0.3 is 0 Å². The smallest absolute Gasteiger partial charge is 0.145 e. The summed E-state index contributed by atoms with van der Waals surface area (Å²) in [5.74, 6) is 2.46. The topological polar surface area (TPSA) is 75.6 Å². The minimum absolute atomic E-state index is 0.334. The fraction of sp³-hybridized carbons (Fsp3) is 0.667. The van der Waals surface area contributed by atoms with Crippen LogP contribution in [-0.4, -0.2) is 9.97 Å². The Hall–Kier alpha value is -1.63. The van der Waals surface area contributed by atoms with Crippen LogP contribution in [0, 0.1) is 24.2 Å². The largest absolute Gasteiger partial charge is 0.382 e. The Morgan fingerprint density at radius 1 is 1.26 bits per heavy atom. The number of hydrogen-bond donors (Lipinski definition) is 1. The molecule has 2 N–H and O–H groups in total. The van der Waals surface area contributed by atoms with Crippen LogP contribution >= 0.6 is 0 Å². The molecule has 1 aromatic rings. The van der Waals surface area contributed by atoms with Crippen molar-refractivity contribution in [3.8, 4) is 6.07 Å². The molecule has 1 saturated carbocycles. The zero-order valence-corrected chi connectivity index (χ0v) is 11.8. The van der Waals surface area contributed by atoms with E-state index in [1.165, 1.54) is 25.7 Å². The minimum atomic E-state index is 0.334. The van der Waals surface area contributed by atoms with E-state index in [1.807, 2.05) is 6.92 Å². The van der Waals surface area contributed by atoms with Crippen molar-refractivity contribution < 1.29 is 0 Å². The number of aryl methyl sites for hydroxylation is 1. The van der Waals surface area contributed by atoms with E-state index >= 15 is 0 Å². The van der Waals surface area contributed by atoms with Gasteiger partial charge in [0.2, 0.25) is 0 Å². The summed E-state index contributed by atoms with van der Waals surface area (Å²) in [5.41, 5.74) is 6.97. The first-order valence-electron chi connectivity index (χ1n) is 7.19. The summed E-state index contributed by atoms with van der Waals surface area (Å²) in [6, 6.07) is 2.07. The Morgan fingerprint density at radius 3 is 2.47 bits per heavy atom. The normalized spacial score (nSPS) is 23.0. The molecule has 2 rings (SSSR count). The molecule has 0 aliphatic heterocycles. The van der Waals surface area contributed by atoms with Crippen LogP contribution in [0.1, 0.15) is 68.4 Å². The molecule has 0 unspecified atom stereocenters. The first kappa shape index (κ1) is 13.8. The van der Waals surface area contributed by atoms with Gasteiger partial charge in [-0.1, -0.05) is 19.8 Å². The van der Waals surface area contributed by atoms with Crippen molar-refractivity contribution in [1.29, 1.82) is 5.26 Å². The summed E-state index contributed by atoms with van der Waals surface area (Å²) < 4.78 is 0. The third kappa shape index (κ3) is 3.04. The van der Waals surface area contributed by atoms with E-state index in [2.05, 4.69) is 23.0 Å². The Bertz CT molecular complexity index is 458. The van der Waals surface area contributed by atoms with Crippen molar-refractivity contribution in [2.45, 2.75) is 58.3 Å². The fourth-order valence-corrected chi connectivity index (χ4v) is 3.06. The van der Waals surface area contributed by atoms with Crippen molar-refractivity contribution in [3.63, 3.8) is 0 Å². The minimum Gasteiger partial charge on any atom is -0.382 e. The molecule has 1 aromatic heterocycles. The van der Waals surface area contributed by atoms with Gasteiger partial charge in [0.05, 0.1) is 5.69 Å². The SMILES string of the molecule is CCCC1CCC(c2nc(C)c(C#N)c(N)n2)CC1. The lowest BCUT2D eigenvalue weighted by molar-refractivity contribution is 0.302. The van der Waals surface area contributed by atoms with Gasteiger partial charge < -0.3 is 5.73 Å². The molecule has 1 aliphatic carbocycles. The zero-order valence-electron chi connectivity index (χ0n) is 11.8. The van der Waals surface area contributed by atoms with Gasteiger partial charge in [0, 0.05) is 5.92 Å². The van der Waals surface area contributed by atoms with Gasteiger partial charge in [-0.3, -0.25) is 0 Å². The third-order valence-electron chi connectivity index (χ3n) is 4.16. The third-order valence-corrected chi connectivity index (χ3v) is 4.16. The first-order chi connectivity index (χ1) is 9.15. The molecule has 0 saturated heterocycles. The number of hydrogen-bond acceptors (Lipinski definition) is 4. The van der Waals surface area contributed by atoms with Gasteiger partial charge in [0.1, 0.15) is 23.3 Å². The van der Waals surface area contributed by atoms with Crippen LogP contribution in [0.4, 0.5) is 5.82 Å². The lowest BCUT2D eigenvalue weighted by Crippen LogP contribution is -2.17. The summed E-state index contributed by atoms with van der Waals surface area (Å²) in [7, 11) is 0. The van der Waals surface area contributed by atoms with E-state index in [0.717, 1.165) is 24.6 Å². The summed E-state index contributed by atoms with van der Waals surface area (Å²) in [4.78, 5) is 8.83. The molecule has 102 valence electrons. The molecule has 1 heterocycles. The van der Waals surface area contributed by atoms with Gasteiger partial charge in [-0.2, -0.15) is 5.26 Å². The number of nitrogen functional groups attached to an aromatic ring is 1. The highest BCUT2D eigenvalue weighted by Gasteiger charge is 2.24. The Morgan fingerprint density at radius 2 is 1.95 bits per heavy atom. The second kappa shape index (κ2) is 6.01. The van der Waals surface area contributed by atoms with Crippen LogP contribution in [0.25, 0.3) is 0 Å². The Balaban J connectivity index is 2.10. The molecule has 1 aliphatic rings. The van der Waals surface area contributed by atoms with Crippen molar-refractivity contribution in [2.24, 2.45) is 5.92 Å². The van der Waals surface area contributed by atoms with Crippen molar-refractivity contribution >= 4 is 5.82 Å². The van der Waals surface area contributed by atoms with Gasteiger partial charge in [-0.25, -0.2) is 9.97 Å². The molecular formula is C15H22N4. The lowest BCUT2D eigenvalue weighted by Gasteiger charge is -2.27. The van der Waals surface area contributed by atoms with E-state index in [9.17, 15) is 0 Å². The van der Waals surface area contributed by atoms with E-state index < -0.39 is 0 Å². The highest BCUT2D eigenvalue weighted by atomic mass is 15.0. The van der Waals surface area contributed by atoms with Crippen LogP contribution in [0.5, 0.6) is 0 Å². The predicted octanol–water partition coefficient (Wildman–Crippen LogP) is 3.31. The summed E-state index contributed by atoms with van der Waals surface area (Å²) >= 11 is 0. The Kier molecular flexibility index (Phi) is 4.36. The summed E-state index contributed by atoms with van der Waals surface area (Å²) in [6.07, 6.45) is 7.43. The van der Waals surface area contributed by atoms with Gasteiger partial charge in [0.15, 0.2) is 0 Å². The molecule has 0 atom stereocenters. The molecule has 19 heavy (non-hydrogen) atoms. The van der Waals surface area contributed by atoms with Crippen molar-refractivity contribution in [2.75, 3.05) is 5.73 Å². The van der Waals surface area contributed by atoms with E-state index in [-0.39, 0.29) is 0 Å². The molecular weight excluding hydrogens is 236 g/mol. The molecule has 1 fully saturated rings. The average Bonchev–Trinajstić information content (AvgIpc) is 2.39. The Labute approximate surface area is 115 Å². The summed E-state index contributed by atoms with van der Waals surface area (Å²) in [6.45, 7) is 4.09. The molecule has 0 amide bonds. The number of aromatic nitrogens is 2. The van der Waals surface area contributed by atoms with Crippen molar-refractivity contribution in [1.82, 2.24) is 9.97 Å². The maximum absolute atomic E-state index is 8.98. The number of anilines is 1. The molecule has 0 radical (unpaired) electrons. The monoisotopic (exact) mass is 258 g/mol. The van der Waals surface area contributed by atoms with Crippen LogP contribution in [0.2, 0.25) is 0 Å². The quantitative estimate of drug-likeness (QED) is 0.902. The van der Waals surface area contributed by atoms with E-state index in [4.69, 9.17) is 11.0 Å². The first-order valence-corrected chi connectivity index (χ1v) is 7.19. The van der Waals surface area contributed by atoms with Gasteiger partial charge in [-0.15, -0.1) is 0 Å². The van der Waals surface area contributed by atoms with E-state index in [0.29, 0.717) is 23.0 Å². The fourth-order valence-electron chi connectivity index (χ4n) is 3.06. The predicted molar refractivity (Wildman–Crippen MR) is 75.5 cm³/mol. The number of rotatable bonds is 3. The number of nitrogens with zero attached hydrogens (tertiary/aromatic N) is 3. The van der Waals surface area contributed by atoms with Crippen LogP contribution in [-0.2, 0) is 0 Å². The van der Waals surface area contributed by atoms with Crippen LogP contribution < -0.4 is 5.73 Å². The van der Waals surface area contributed by atoms with Crippen LogP contribution in [0.3, 0.4) is 0 Å². The number of nitriles is 1. The van der Waals surface area contributed by atoms with E-state index in [1.54, 1.807) is 0 Å². The molecule has 0 spiro atoms. The van der Waals surface area contributed by atoms with Crippen LogP contribution in [0.15, 0.2) is 0 Å². The second-order valence-corrected chi connectivity index (χ2v) is 5.55. The zero-order chi connectivity index (χ0) is 13.8. The molecule has 4 heteroatoms. The summed E-state index contributed by atoms with van der Waals surface area (Å²) in [5, 5.41) is 8.98. The molecule has 4 nitrogen and oxygen atoms in total. The lowest BCUT2D eigenvalue weighted by atomic mass is 9.79. The standard InChI is InChI=1S/C15H22N4/c1-3-4-11-5-7-12(8-6-11)15-18-10(2)13(9-16)14(17)19-15/h11-12H,3-8H2,1-2H3,(H2,17,18,19). The number of nitrogens with two attached hydrogens (primary N) is 1. The van der Waals surface area contributed by atoms with Gasteiger partial charge in [-0.05, 0) is 38.5 Å². The average molecular weight is 258 g/mol. The highest BCUT2D eigenvalue weighted by molar-refractivity contribution is 5.50. The highest BCUT2D eigenvalue weighted by Crippen LogP contribution is 2.36. The van der Waals surface area contributed by atoms with Crippen molar-refractivity contribution in [3.05, 3.63) is 17.1 Å². The molecule has 0 aromatic carbocycles. The second-order valence-electron chi connectivity index (χ2n) is 5.55. The maximum atomic E-state index is 8.98. The molecule has 0 bridgehead atoms.